The van der Waals surface area contributed by atoms with Crippen LogP contribution in [0.5, 0.6) is 0 Å². The van der Waals surface area contributed by atoms with E-state index < -0.39 is 0 Å². The minimum absolute atomic E-state index is 0.685. The third kappa shape index (κ3) is 2.50. The van der Waals surface area contributed by atoms with Gasteiger partial charge in [-0.1, -0.05) is 23.7 Å². The van der Waals surface area contributed by atoms with Crippen LogP contribution in [0.1, 0.15) is 5.69 Å². The highest BCUT2D eigenvalue weighted by Gasteiger charge is 1.99. The molecule has 15 heavy (non-hydrogen) atoms. The fourth-order valence-electron chi connectivity index (χ4n) is 1.35. The van der Waals surface area contributed by atoms with Crippen LogP contribution in [0.3, 0.4) is 0 Å². The van der Waals surface area contributed by atoms with Gasteiger partial charge >= 0.3 is 0 Å². The second-order valence-electron chi connectivity index (χ2n) is 3.31. The zero-order valence-corrected chi connectivity index (χ0v) is 9.20. The molecular formula is C11H12ClN3. The largest absolute Gasteiger partial charge is 0.378 e. The number of nitrogens with one attached hydrogen (secondary N) is 1. The number of halogens is 1. The van der Waals surface area contributed by atoms with E-state index in [0.29, 0.717) is 6.54 Å². The van der Waals surface area contributed by atoms with Gasteiger partial charge in [-0.3, -0.25) is 4.68 Å². The summed E-state index contributed by atoms with van der Waals surface area (Å²) in [6, 6.07) is 9.65. The molecule has 4 heteroatoms. The predicted molar refractivity (Wildman–Crippen MR) is 62.0 cm³/mol. The number of aryl methyl sites for hydroxylation is 1. The van der Waals surface area contributed by atoms with Gasteiger partial charge in [-0.05, 0) is 18.2 Å². The fraction of sp³-hybridized carbons (Fsp3) is 0.182. The first kappa shape index (κ1) is 10.1. The molecule has 1 aromatic carbocycles. The van der Waals surface area contributed by atoms with Crippen molar-refractivity contribution in [3.63, 3.8) is 0 Å². The van der Waals surface area contributed by atoms with E-state index >= 15 is 0 Å². The number of hydrogen-bond donors (Lipinski definition) is 1. The Kier molecular flexibility index (Phi) is 2.92. The van der Waals surface area contributed by atoms with Crippen molar-refractivity contribution in [2.45, 2.75) is 6.54 Å². The van der Waals surface area contributed by atoms with Crippen LogP contribution in [0.4, 0.5) is 5.69 Å². The van der Waals surface area contributed by atoms with Crippen molar-refractivity contribution >= 4 is 17.3 Å². The molecule has 2 aromatic rings. The van der Waals surface area contributed by atoms with Gasteiger partial charge in [-0.25, -0.2) is 0 Å². The first-order valence-corrected chi connectivity index (χ1v) is 5.10. The Labute approximate surface area is 93.7 Å². The summed E-state index contributed by atoms with van der Waals surface area (Å²) in [5.41, 5.74) is 1.93. The van der Waals surface area contributed by atoms with Crippen molar-refractivity contribution in [1.29, 1.82) is 0 Å². The normalized spacial score (nSPS) is 10.3. The van der Waals surface area contributed by atoms with Gasteiger partial charge in [0.15, 0.2) is 0 Å². The number of rotatable bonds is 3. The average molecular weight is 222 g/mol. The summed E-state index contributed by atoms with van der Waals surface area (Å²) in [6.45, 7) is 0.685. The molecule has 0 amide bonds. The van der Waals surface area contributed by atoms with Gasteiger partial charge in [-0.15, -0.1) is 0 Å². The lowest BCUT2D eigenvalue weighted by molar-refractivity contribution is 0.747. The van der Waals surface area contributed by atoms with Gasteiger partial charge in [0.2, 0.25) is 0 Å². The zero-order valence-electron chi connectivity index (χ0n) is 8.44. The molecule has 0 spiro atoms. The monoisotopic (exact) mass is 221 g/mol. The standard InChI is InChI=1S/C11H12ClN3/c1-15-7-6-9(14-15)8-13-11-5-3-2-4-10(11)12/h2-7,13H,8H2,1H3. The Hall–Kier alpha value is -1.48. The zero-order chi connectivity index (χ0) is 10.7. The summed E-state index contributed by atoms with van der Waals surface area (Å²) in [4.78, 5) is 0. The molecule has 0 fully saturated rings. The van der Waals surface area contributed by atoms with Crippen molar-refractivity contribution in [3.05, 3.63) is 47.2 Å². The minimum atomic E-state index is 0.685. The number of nitrogens with zero attached hydrogens (tertiary/aromatic N) is 2. The Bertz CT molecular complexity index is 451. The van der Waals surface area contributed by atoms with Crippen molar-refractivity contribution in [2.24, 2.45) is 7.05 Å². The summed E-state index contributed by atoms with van der Waals surface area (Å²) >= 11 is 6.01. The smallest absolute Gasteiger partial charge is 0.0815 e. The fourth-order valence-corrected chi connectivity index (χ4v) is 1.55. The van der Waals surface area contributed by atoms with E-state index in [9.17, 15) is 0 Å². The molecule has 0 aliphatic carbocycles. The van der Waals surface area contributed by atoms with E-state index in [1.54, 1.807) is 4.68 Å². The van der Waals surface area contributed by atoms with E-state index in [-0.39, 0.29) is 0 Å². The summed E-state index contributed by atoms with van der Waals surface area (Å²) < 4.78 is 1.78. The summed E-state index contributed by atoms with van der Waals surface area (Å²) in [6.07, 6.45) is 1.92. The molecule has 78 valence electrons. The molecular weight excluding hydrogens is 210 g/mol. The average Bonchev–Trinajstić information content (AvgIpc) is 2.63. The summed E-state index contributed by atoms with van der Waals surface area (Å²) in [5.74, 6) is 0. The Morgan fingerprint density at radius 3 is 2.80 bits per heavy atom. The van der Waals surface area contributed by atoms with Gasteiger partial charge < -0.3 is 5.32 Å². The van der Waals surface area contributed by atoms with E-state index in [2.05, 4.69) is 10.4 Å². The van der Waals surface area contributed by atoms with Gasteiger partial charge in [0.05, 0.1) is 22.9 Å². The molecule has 2 rings (SSSR count). The molecule has 0 saturated heterocycles. The Morgan fingerprint density at radius 2 is 2.13 bits per heavy atom. The first-order chi connectivity index (χ1) is 7.25. The quantitative estimate of drug-likeness (QED) is 0.864. The van der Waals surface area contributed by atoms with E-state index in [1.165, 1.54) is 0 Å². The number of para-hydroxylation sites is 1. The number of aromatic nitrogens is 2. The third-order valence-corrected chi connectivity index (χ3v) is 2.43. The third-order valence-electron chi connectivity index (χ3n) is 2.10. The Morgan fingerprint density at radius 1 is 1.33 bits per heavy atom. The molecule has 3 nitrogen and oxygen atoms in total. The number of benzene rings is 1. The SMILES string of the molecule is Cn1ccc(CNc2ccccc2Cl)n1. The van der Waals surface area contributed by atoms with Crippen LogP contribution in [0, 0.1) is 0 Å². The maximum absolute atomic E-state index is 6.01. The molecule has 1 heterocycles. The summed E-state index contributed by atoms with van der Waals surface area (Å²) in [5, 5.41) is 8.23. The van der Waals surface area contributed by atoms with Crippen LogP contribution in [-0.4, -0.2) is 9.78 Å². The summed E-state index contributed by atoms with van der Waals surface area (Å²) in [7, 11) is 1.90. The molecule has 1 aromatic heterocycles. The lowest BCUT2D eigenvalue weighted by Gasteiger charge is -2.05. The second kappa shape index (κ2) is 4.36. The van der Waals surface area contributed by atoms with E-state index in [4.69, 9.17) is 11.6 Å². The topological polar surface area (TPSA) is 29.9 Å². The molecule has 0 unspecified atom stereocenters. The van der Waals surface area contributed by atoms with Crippen LogP contribution in [0.25, 0.3) is 0 Å². The van der Waals surface area contributed by atoms with Crippen molar-refractivity contribution in [1.82, 2.24) is 9.78 Å². The van der Waals surface area contributed by atoms with Gasteiger partial charge in [0.1, 0.15) is 0 Å². The van der Waals surface area contributed by atoms with Crippen LogP contribution < -0.4 is 5.32 Å². The molecule has 0 aliphatic rings. The van der Waals surface area contributed by atoms with Crippen molar-refractivity contribution in [3.8, 4) is 0 Å². The van der Waals surface area contributed by atoms with Gasteiger partial charge in [0, 0.05) is 13.2 Å². The molecule has 0 saturated carbocycles. The molecule has 0 radical (unpaired) electrons. The molecule has 0 atom stereocenters. The molecule has 0 aliphatic heterocycles. The highest BCUT2D eigenvalue weighted by molar-refractivity contribution is 6.33. The first-order valence-electron chi connectivity index (χ1n) is 4.72. The number of hydrogen-bond acceptors (Lipinski definition) is 2. The van der Waals surface area contributed by atoms with Crippen LogP contribution in [-0.2, 0) is 13.6 Å². The van der Waals surface area contributed by atoms with Crippen LogP contribution >= 0.6 is 11.6 Å². The number of anilines is 1. The lowest BCUT2D eigenvalue weighted by atomic mass is 10.3. The Balaban J connectivity index is 2.02. The molecule has 0 bridgehead atoms. The van der Waals surface area contributed by atoms with Gasteiger partial charge in [-0.2, -0.15) is 5.10 Å². The van der Waals surface area contributed by atoms with Gasteiger partial charge in [0.25, 0.3) is 0 Å². The maximum atomic E-state index is 6.01. The van der Waals surface area contributed by atoms with E-state index in [0.717, 1.165) is 16.4 Å². The maximum Gasteiger partial charge on any atom is 0.0815 e. The highest BCUT2D eigenvalue weighted by atomic mass is 35.5. The predicted octanol–water partition coefficient (Wildman–Crippen LogP) is 2.69. The van der Waals surface area contributed by atoms with Crippen molar-refractivity contribution in [2.75, 3.05) is 5.32 Å². The van der Waals surface area contributed by atoms with Crippen LogP contribution in [0.15, 0.2) is 36.5 Å². The highest BCUT2D eigenvalue weighted by Crippen LogP contribution is 2.20. The lowest BCUT2D eigenvalue weighted by Crippen LogP contribution is -2.01. The molecule has 1 N–H and O–H groups in total. The van der Waals surface area contributed by atoms with E-state index in [1.807, 2.05) is 43.6 Å². The van der Waals surface area contributed by atoms with Crippen LogP contribution in [0.2, 0.25) is 5.02 Å². The van der Waals surface area contributed by atoms with Crippen molar-refractivity contribution < 1.29 is 0 Å². The minimum Gasteiger partial charge on any atom is -0.378 e. The second-order valence-corrected chi connectivity index (χ2v) is 3.72.